The van der Waals surface area contributed by atoms with E-state index < -0.39 is 11.4 Å². The fourth-order valence-electron chi connectivity index (χ4n) is 2.78. The predicted molar refractivity (Wildman–Crippen MR) is 63.4 cm³/mol. The van der Waals surface area contributed by atoms with Gasteiger partial charge in [0.1, 0.15) is 0 Å². The average molecular weight is 228 g/mol. The molecule has 1 fully saturated rings. The molecule has 0 spiro atoms. The van der Waals surface area contributed by atoms with Crippen molar-refractivity contribution >= 4 is 5.97 Å². The van der Waals surface area contributed by atoms with Crippen molar-refractivity contribution in [2.75, 3.05) is 7.11 Å². The molecule has 1 unspecified atom stereocenters. The molecule has 0 amide bonds. The maximum Gasteiger partial charge on any atom is 0.309 e. The Morgan fingerprint density at radius 3 is 2.44 bits per heavy atom. The molecule has 1 atom stereocenters. The van der Waals surface area contributed by atoms with Crippen LogP contribution in [0.4, 0.5) is 0 Å². The smallest absolute Gasteiger partial charge is 0.309 e. The van der Waals surface area contributed by atoms with Crippen LogP contribution in [-0.4, -0.2) is 24.3 Å². The molecule has 1 aliphatic rings. The number of aliphatic carboxylic acids is 1. The summed E-state index contributed by atoms with van der Waals surface area (Å²) in [5, 5.41) is 9.44. The van der Waals surface area contributed by atoms with Crippen LogP contribution in [0.1, 0.15) is 52.4 Å². The molecule has 0 radical (unpaired) electrons. The summed E-state index contributed by atoms with van der Waals surface area (Å²) < 4.78 is 5.22. The highest BCUT2D eigenvalue weighted by Gasteiger charge is 2.42. The fraction of sp³-hybridized carbons (Fsp3) is 0.923. The molecule has 1 N–H and O–H groups in total. The summed E-state index contributed by atoms with van der Waals surface area (Å²) in [6.45, 7) is 4.15. The Hall–Kier alpha value is -0.570. The molecule has 0 aromatic heterocycles. The standard InChI is InChI=1S/C13H24O3/c1-4-11-5-7-13(8-6-11,12(14)15)9-10(2)16-3/h10-11H,4-9H2,1-3H3,(H,14,15). The summed E-state index contributed by atoms with van der Waals surface area (Å²) in [5.74, 6) is 0.0938. The van der Waals surface area contributed by atoms with Crippen LogP contribution in [0.25, 0.3) is 0 Å². The van der Waals surface area contributed by atoms with Gasteiger partial charge in [-0.15, -0.1) is 0 Å². The largest absolute Gasteiger partial charge is 0.481 e. The summed E-state index contributed by atoms with van der Waals surface area (Å²) in [6, 6.07) is 0. The maximum atomic E-state index is 11.5. The first kappa shape index (κ1) is 13.5. The van der Waals surface area contributed by atoms with Gasteiger partial charge < -0.3 is 9.84 Å². The van der Waals surface area contributed by atoms with Crippen molar-refractivity contribution in [1.29, 1.82) is 0 Å². The lowest BCUT2D eigenvalue weighted by atomic mass is 9.67. The maximum absolute atomic E-state index is 11.5. The minimum absolute atomic E-state index is 0.0364. The number of carboxylic acids is 1. The minimum Gasteiger partial charge on any atom is -0.481 e. The molecule has 94 valence electrons. The topological polar surface area (TPSA) is 46.5 Å². The molecule has 1 rings (SSSR count). The van der Waals surface area contributed by atoms with Crippen molar-refractivity contribution in [3.63, 3.8) is 0 Å². The molecule has 0 bridgehead atoms. The van der Waals surface area contributed by atoms with E-state index in [1.54, 1.807) is 7.11 Å². The highest BCUT2D eigenvalue weighted by Crippen LogP contribution is 2.43. The first-order valence-electron chi connectivity index (χ1n) is 6.30. The summed E-state index contributed by atoms with van der Waals surface area (Å²) in [4.78, 5) is 11.5. The Kier molecular flexibility index (Phi) is 4.78. The molecule has 0 saturated heterocycles. The normalized spacial score (nSPS) is 32.3. The van der Waals surface area contributed by atoms with Crippen molar-refractivity contribution in [3.8, 4) is 0 Å². The summed E-state index contributed by atoms with van der Waals surface area (Å²) in [6.07, 6.45) is 5.60. The van der Waals surface area contributed by atoms with E-state index in [0.717, 1.165) is 31.6 Å². The zero-order valence-electron chi connectivity index (χ0n) is 10.7. The highest BCUT2D eigenvalue weighted by molar-refractivity contribution is 5.74. The molecule has 0 heterocycles. The first-order chi connectivity index (χ1) is 7.54. The van der Waals surface area contributed by atoms with Gasteiger partial charge in [0.2, 0.25) is 0 Å². The quantitative estimate of drug-likeness (QED) is 0.786. The van der Waals surface area contributed by atoms with Crippen LogP contribution >= 0.6 is 0 Å². The number of methoxy groups -OCH3 is 1. The molecular formula is C13H24O3. The van der Waals surface area contributed by atoms with Crippen molar-refractivity contribution in [1.82, 2.24) is 0 Å². The van der Waals surface area contributed by atoms with Gasteiger partial charge in [-0.1, -0.05) is 13.3 Å². The Bertz CT molecular complexity index is 229. The van der Waals surface area contributed by atoms with Gasteiger partial charge in [0.25, 0.3) is 0 Å². The van der Waals surface area contributed by atoms with E-state index in [0.29, 0.717) is 6.42 Å². The van der Waals surface area contributed by atoms with Gasteiger partial charge >= 0.3 is 5.97 Å². The van der Waals surface area contributed by atoms with Crippen LogP contribution in [0.5, 0.6) is 0 Å². The van der Waals surface area contributed by atoms with Gasteiger partial charge in [-0.25, -0.2) is 0 Å². The van der Waals surface area contributed by atoms with Gasteiger partial charge in [-0.05, 0) is 44.9 Å². The number of hydrogen-bond acceptors (Lipinski definition) is 2. The molecule has 3 heteroatoms. The third-order valence-electron chi connectivity index (χ3n) is 4.17. The van der Waals surface area contributed by atoms with Gasteiger partial charge in [-0.2, -0.15) is 0 Å². The fourth-order valence-corrected chi connectivity index (χ4v) is 2.78. The molecule has 1 saturated carbocycles. The van der Waals surface area contributed by atoms with E-state index in [1.165, 1.54) is 6.42 Å². The Labute approximate surface area is 98.2 Å². The SMILES string of the molecule is CCC1CCC(CC(C)OC)(C(=O)O)CC1. The van der Waals surface area contributed by atoms with Gasteiger partial charge in [-0.3, -0.25) is 4.79 Å². The number of ether oxygens (including phenoxy) is 1. The van der Waals surface area contributed by atoms with Crippen molar-refractivity contribution < 1.29 is 14.6 Å². The average Bonchev–Trinajstić information content (AvgIpc) is 2.29. The van der Waals surface area contributed by atoms with Crippen molar-refractivity contribution in [2.24, 2.45) is 11.3 Å². The minimum atomic E-state index is -0.633. The van der Waals surface area contributed by atoms with Crippen LogP contribution in [0.3, 0.4) is 0 Å². The van der Waals surface area contributed by atoms with Crippen LogP contribution in [0, 0.1) is 11.3 Å². The molecule has 3 nitrogen and oxygen atoms in total. The number of carboxylic acid groups (broad SMARTS) is 1. The molecule has 0 aliphatic heterocycles. The molecule has 1 aliphatic carbocycles. The Morgan fingerprint density at radius 1 is 1.50 bits per heavy atom. The summed E-state index contributed by atoms with van der Waals surface area (Å²) in [5.41, 5.74) is -0.527. The zero-order chi connectivity index (χ0) is 12.2. The van der Waals surface area contributed by atoms with Crippen molar-refractivity contribution in [3.05, 3.63) is 0 Å². The number of hydrogen-bond donors (Lipinski definition) is 1. The third kappa shape index (κ3) is 2.97. The molecule has 16 heavy (non-hydrogen) atoms. The van der Waals surface area contributed by atoms with Crippen LogP contribution < -0.4 is 0 Å². The third-order valence-corrected chi connectivity index (χ3v) is 4.17. The molecule has 0 aromatic carbocycles. The van der Waals surface area contributed by atoms with E-state index in [9.17, 15) is 9.90 Å². The summed E-state index contributed by atoms with van der Waals surface area (Å²) >= 11 is 0. The number of rotatable bonds is 5. The van der Waals surface area contributed by atoms with Gasteiger partial charge in [0, 0.05) is 7.11 Å². The Balaban J connectivity index is 2.65. The van der Waals surface area contributed by atoms with E-state index in [2.05, 4.69) is 6.92 Å². The van der Waals surface area contributed by atoms with Gasteiger partial charge in [0.05, 0.1) is 11.5 Å². The lowest BCUT2D eigenvalue weighted by Crippen LogP contribution is -2.38. The van der Waals surface area contributed by atoms with E-state index in [4.69, 9.17) is 4.74 Å². The zero-order valence-corrected chi connectivity index (χ0v) is 10.7. The van der Waals surface area contributed by atoms with Crippen LogP contribution in [0.15, 0.2) is 0 Å². The summed E-state index contributed by atoms with van der Waals surface area (Å²) in [7, 11) is 1.65. The Morgan fingerprint density at radius 2 is 2.06 bits per heavy atom. The molecule has 0 aromatic rings. The highest BCUT2D eigenvalue weighted by atomic mass is 16.5. The van der Waals surface area contributed by atoms with Crippen LogP contribution in [0.2, 0.25) is 0 Å². The molecular weight excluding hydrogens is 204 g/mol. The lowest BCUT2D eigenvalue weighted by molar-refractivity contribution is -0.154. The van der Waals surface area contributed by atoms with E-state index in [1.807, 2.05) is 6.92 Å². The van der Waals surface area contributed by atoms with Crippen molar-refractivity contribution in [2.45, 2.75) is 58.5 Å². The van der Waals surface area contributed by atoms with Crippen LogP contribution in [-0.2, 0) is 9.53 Å². The second-order valence-electron chi connectivity index (χ2n) is 5.19. The second kappa shape index (κ2) is 5.67. The number of carbonyl (C=O) groups is 1. The lowest BCUT2D eigenvalue weighted by Gasteiger charge is -2.38. The monoisotopic (exact) mass is 228 g/mol. The second-order valence-corrected chi connectivity index (χ2v) is 5.19. The van der Waals surface area contributed by atoms with E-state index >= 15 is 0 Å². The first-order valence-corrected chi connectivity index (χ1v) is 6.30. The predicted octanol–water partition coefficient (Wildman–Crippen LogP) is 3.08. The van der Waals surface area contributed by atoms with E-state index in [-0.39, 0.29) is 6.10 Å². The van der Waals surface area contributed by atoms with Gasteiger partial charge in [0.15, 0.2) is 0 Å².